The highest BCUT2D eigenvalue weighted by Gasteiger charge is 2.22. The van der Waals surface area contributed by atoms with Gasteiger partial charge >= 0.3 is 0 Å². The molecule has 0 aliphatic heterocycles. The van der Waals surface area contributed by atoms with Crippen LogP contribution in [0.15, 0.2) is 42.6 Å². The molecule has 0 amide bonds. The van der Waals surface area contributed by atoms with Crippen molar-refractivity contribution in [1.82, 2.24) is 9.97 Å². The molecule has 1 aliphatic carbocycles. The zero-order chi connectivity index (χ0) is 12.1. The van der Waals surface area contributed by atoms with Gasteiger partial charge in [0.2, 0.25) is 0 Å². The minimum atomic E-state index is 0.842. The van der Waals surface area contributed by atoms with Crippen LogP contribution in [-0.4, -0.2) is 9.97 Å². The highest BCUT2D eigenvalue weighted by Crippen LogP contribution is 2.39. The van der Waals surface area contributed by atoms with Gasteiger partial charge < -0.3 is 0 Å². The summed E-state index contributed by atoms with van der Waals surface area (Å²) in [6.45, 7) is 1.95. The Balaban J connectivity index is 2.14. The Kier molecular flexibility index (Phi) is 1.84. The van der Waals surface area contributed by atoms with Crippen LogP contribution in [-0.2, 0) is 6.42 Å². The van der Waals surface area contributed by atoms with Crippen molar-refractivity contribution in [3.05, 3.63) is 59.5 Å². The van der Waals surface area contributed by atoms with Gasteiger partial charge in [-0.15, -0.1) is 0 Å². The molecule has 0 bridgehead atoms. The van der Waals surface area contributed by atoms with E-state index in [9.17, 15) is 0 Å². The van der Waals surface area contributed by atoms with E-state index in [4.69, 9.17) is 0 Å². The molecule has 4 rings (SSSR count). The molecule has 0 atom stereocenters. The van der Waals surface area contributed by atoms with E-state index in [-0.39, 0.29) is 0 Å². The molecule has 0 N–H and O–H groups in total. The van der Waals surface area contributed by atoms with Crippen LogP contribution in [0.1, 0.15) is 17.0 Å². The Morgan fingerprint density at radius 2 is 1.89 bits per heavy atom. The average molecular weight is 232 g/mol. The molecule has 1 aromatic heterocycles. The summed E-state index contributed by atoms with van der Waals surface area (Å²) in [6, 6.07) is 12.9. The SMILES string of the molecule is Cc1ncc2c(n1)-c1c(ccc3ccccc13)C2. The van der Waals surface area contributed by atoms with Crippen molar-refractivity contribution in [3.8, 4) is 11.3 Å². The van der Waals surface area contributed by atoms with Crippen molar-refractivity contribution >= 4 is 10.8 Å². The first-order valence-electron chi connectivity index (χ1n) is 6.16. The Bertz CT molecular complexity index is 775. The Morgan fingerprint density at radius 3 is 2.83 bits per heavy atom. The molecule has 2 aromatic carbocycles. The maximum atomic E-state index is 4.63. The van der Waals surface area contributed by atoms with Crippen molar-refractivity contribution in [3.63, 3.8) is 0 Å². The van der Waals surface area contributed by atoms with Crippen molar-refractivity contribution in [1.29, 1.82) is 0 Å². The summed E-state index contributed by atoms with van der Waals surface area (Å²) >= 11 is 0. The first-order chi connectivity index (χ1) is 8.83. The fraction of sp³-hybridized carbons (Fsp3) is 0.125. The molecule has 86 valence electrons. The highest BCUT2D eigenvalue weighted by atomic mass is 14.9. The third-order valence-corrected chi connectivity index (χ3v) is 3.62. The Hall–Kier alpha value is -2.22. The highest BCUT2D eigenvalue weighted by molar-refractivity contribution is 5.99. The standard InChI is InChI=1S/C16H12N2/c1-10-17-9-13-8-12-7-6-11-4-2-3-5-14(11)15(12)16(13)18-10/h2-7,9H,8H2,1H3. The Morgan fingerprint density at radius 1 is 1.00 bits per heavy atom. The third kappa shape index (κ3) is 1.23. The number of rotatable bonds is 0. The van der Waals surface area contributed by atoms with Crippen LogP contribution < -0.4 is 0 Å². The topological polar surface area (TPSA) is 25.8 Å². The lowest BCUT2D eigenvalue weighted by atomic mass is 10.0. The Labute approximate surface area is 105 Å². The predicted molar refractivity (Wildman–Crippen MR) is 72.5 cm³/mol. The van der Waals surface area contributed by atoms with Gasteiger partial charge in [0.05, 0.1) is 5.69 Å². The van der Waals surface area contributed by atoms with Crippen molar-refractivity contribution < 1.29 is 0 Å². The van der Waals surface area contributed by atoms with Crippen LogP contribution in [0, 0.1) is 6.92 Å². The molecule has 1 aliphatic rings. The van der Waals surface area contributed by atoms with E-state index in [0.717, 1.165) is 17.9 Å². The largest absolute Gasteiger partial charge is 0.241 e. The van der Waals surface area contributed by atoms with Gasteiger partial charge in [-0.3, -0.25) is 0 Å². The van der Waals surface area contributed by atoms with Crippen LogP contribution in [0.3, 0.4) is 0 Å². The van der Waals surface area contributed by atoms with Crippen LogP contribution in [0.5, 0.6) is 0 Å². The summed E-state index contributed by atoms with van der Waals surface area (Å²) in [5.74, 6) is 0.842. The van der Waals surface area contributed by atoms with E-state index in [1.165, 1.54) is 27.5 Å². The fourth-order valence-electron chi connectivity index (χ4n) is 2.79. The first-order valence-corrected chi connectivity index (χ1v) is 6.16. The number of fused-ring (bicyclic) bond motifs is 5. The number of hydrogen-bond donors (Lipinski definition) is 0. The second-order valence-corrected chi connectivity index (χ2v) is 4.79. The second kappa shape index (κ2) is 3.39. The number of aromatic nitrogens is 2. The summed E-state index contributed by atoms with van der Waals surface area (Å²) < 4.78 is 0. The van der Waals surface area contributed by atoms with Crippen LogP contribution in [0.2, 0.25) is 0 Å². The van der Waals surface area contributed by atoms with Gasteiger partial charge in [0.25, 0.3) is 0 Å². The number of nitrogens with zero attached hydrogens (tertiary/aromatic N) is 2. The normalized spacial score (nSPS) is 12.5. The smallest absolute Gasteiger partial charge is 0.125 e. The molecule has 3 aromatic rings. The summed E-state index contributed by atoms with van der Waals surface area (Å²) in [5, 5.41) is 2.58. The van der Waals surface area contributed by atoms with Gasteiger partial charge in [0.15, 0.2) is 0 Å². The first kappa shape index (κ1) is 9.77. The van der Waals surface area contributed by atoms with E-state index in [1.807, 2.05) is 13.1 Å². The minimum absolute atomic E-state index is 0.842. The zero-order valence-electron chi connectivity index (χ0n) is 10.1. The molecule has 2 heteroatoms. The molecule has 0 radical (unpaired) electrons. The minimum Gasteiger partial charge on any atom is -0.241 e. The average Bonchev–Trinajstić information content (AvgIpc) is 2.77. The lowest BCUT2D eigenvalue weighted by molar-refractivity contribution is 1.03. The number of hydrogen-bond acceptors (Lipinski definition) is 2. The van der Waals surface area contributed by atoms with Gasteiger partial charge in [-0.1, -0.05) is 36.4 Å². The predicted octanol–water partition coefficient (Wildman–Crippen LogP) is 3.51. The van der Waals surface area contributed by atoms with Crippen LogP contribution >= 0.6 is 0 Å². The number of benzene rings is 2. The summed E-state index contributed by atoms with van der Waals surface area (Å²) in [4.78, 5) is 8.94. The van der Waals surface area contributed by atoms with Crippen LogP contribution in [0.4, 0.5) is 0 Å². The van der Waals surface area contributed by atoms with Crippen LogP contribution in [0.25, 0.3) is 22.0 Å². The van der Waals surface area contributed by atoms with Gasteiger partial charge in [-0.2, -0.15) is 0 Å². The molecule has 0 unspecified atom stereocenters. The lowest BCUT2D eigenvalue weighted by Gasteiger charge is -2.06. The third-order valence-electron chi connectivity index (χ3n) is 3.62. The molecule has 0 saturated carbocycles. The molecular weight excluding hydrogens is 220 g/mol. The lowest BCUT2D eigenvalue weighted by Crippen LogP contribution is -1.91. The summed E-state index contributed by atoms with van der Waals surface area (Å²) in [6.07, 6.45) is 2.92. The molecule has 0 fully saturated rings. The quantitative estimate of drug-likeness (QED) is 0.463. The van der Waals surface area contributed by atoms with Gasteiger partial charge in [-0.05, 0) is 23.3 Å². The fourth-order valence-corrected chi connectivity index (χ4v) is 2.79. The molecule has 18 heavy (non-hydrogen) atoms. The maximum absolute atomic E-state index is 4.63. The summed E-state index contributed by atoms with van der Waals surface area (Å²) in [5.41, 5.74) is 5.03. The van der Waals surface area contributed by atoms with E-state index in [0.29, 0.717) is 0 Å². The van der Waals surface area contributed by atoms with E-state index in [2.05, 4.69) is 46.4 Å². The molecule has 0 spiro atoms. The van der Waals surface area contributed by atoms with E-state index in [1.54, 1.807) is 0 Å². The molecule has 1 heterocycles. The molecule has 0 saturated heterocycles. The number of aryl methyl sites for hydroxylation is 1. The molecule has 2 nitrogen and oxygen atoms in total. The van der Waals surface area contributed by atoms with Crippen molar-refractivity contribution in [2.75, 3.05) is 0 Å². The van der Waals surface area contributed by atoms with Gasteiger partial charge in [0.1, 0.15) is 5.82 Å². The van der Waals surface area contributed by atoms with Crippen molar-refractivity contribution in [2.24, 2.45) is 0 Å². The summed E-state index contributed by atoms with van der Waals surface area (Å²) in [7, 11) is 0. The van der Waals surface area contributed by atoms with E-state index >= 15 is 0 Å². The monoisotopic (exact) mass is 232 g/mol. The molecular formula is C16H12N2. The second-order valence-electron chi connectivity index (χ2n) is 4.79. The van der Waals surface area contributed by atoms with Crippen molar-refractivity contribution in [2.45, 2.75) is 13.3 Å². The van der Waals surface area contributed by atoms with E-state index < -0.39 is 0 Å². The maximum Gasteiger partial charge on any atom is 0.125 e. The van der Waals surface area contributed by atoms with Gasteiger partial charge in [0, 0.05) is 23.7 Å². The zero-order valence-corrected chi connectivity index (χ0v) is 10.1. The van der Waals surface area contributed by atoms with Gasteiger partial charge in [-0.25, -0.2) is 9.97 Å².